The summed E-state index contributed by atoms with van der Waals surface area (Å²) in [5, 5.41) is 0.373. The van der Waals surface area contributed by atoms with Crippen LogP contribution in [-0.4, -0.2) is 16.8 Å². The van der Waals surface area contributed by atoms with E-state index in [1.807, 2.05) is 32.0 Å². The van der Waals surface area contributed by atoms with Crippen molar-refractivity contribution in [2.75, 3.05) is 6.61 Å². The zero-order chi connectivity index (χ0) is 16.4. The van der Waals surface area contributed by atoms with E-state index in [-0.39, 0.29) is 10.2 Å². The topological polar surface area (TPSA) is 43.4 Å². The van der Waals surface area contributed by atoms with Gasteiger partial charge >= 0.3 is 0 Å². The minimum atomic E-state index is 0.183. The molecule has 0 bridgehead atoms. The lowest BCUT2D eigenvalue weighted by molar-refractivity contribution is -0.111. The maximum atomic E-state index is 11.5. The van der Waals surface area contributed by atoms with Gasteiger partial charge in [-0.3, -0.25) is 9.59 Å². The molecule has 0 atom stereocenters. The highest BCUT2D eigenvalue weighted by Gasteiger charge is 2.10. The van der Waals surface area contributed by atoms with Crippen molar-refractivity contribution >= 4 is 33.8 Å². The third kappa shape index (κ3) is 6.88. The van der Waals surface area contributed by atoms with Crippen molar-refractivity contribution < 1.29 is 14.3 Å². The number of carbonyl (C=O) groups excluding carboxylic acids is 2. The minimum Gasteiger partial charge on any atom is -0.494 e. The first-order chi connectivity index (χ1) is 10.6. The molecule has 0 unspecified atom stereocenters. The zero-order valence-corrected chi connectivity index (χ0v) is 15.1. The lowest BCUT2D eigenvalue weighted by Gasteiger charge is -2.12. The van der Waals surface area contributed by atoms with Crippen LogP contribution in [-0.2, 0) is 21.1 Å². The van der Waals surface area contributed by atoms with Crippen LogP contribution in [0.4, 0.5) is 0 Å². The number of ether oxygens (including phenoxy) is 1. The summed E-state index contributed by atoms with van der Waals surface area (Å²) in [4.78, 5) is 23.0. The first kappa shape index (κ1) is 19.1. The van der Waals surface area contributed by atoms with Crippen LogP contribution in [0.2, 0.25) is 0 Å². The largest absolute Gasteiger partial charge is 0.494 e. The maximum Gasteiger partial charge on any atom is 0.188 e. The van der Waals surface area contributed by atoms with E-state index in [4.69, 9.17) is 4.74 Å². The molecule has 3 nitrogen and oxygen atoms in total. The van der Waals surface area contributed by atoms with E-state index in [9.17, 15) is 9.59 Å². The fourth-order valence-electron chi connectivity index (χ4n) is 1.71. The summed E-state index contributed by atoms with van der Waals surface area (Å²) in [6, 6.07) is 5.95. The first-order valence-corrected chi connectivity index (χ1v) is 9.63. The van der Waals surface area contributed by atoms with E-state index in [0.29, 0.717) is 31.0 Å². The number of rotatable bonds is 9. The first-order valence-electron chi connectivity index (χ1n) is 7.66. The molecule has 0 saturated heterocycles. The summed E-state index contributed by atoms with van der Waals surface area (Å²) in [5.74, 6) is 2.11. The van der Waals surface area contributed by atoms with Gasteiger partial charge in [0.1, 0.15) is 5.75 Å². The van der Waals surface area contributed by atoms with Crippen LogP contribution in [0.25, 0.3) is 0 Å². The van der Waals surface area contributed by atoms with Gasteiger partial charge in [0.2, 0.25) is 0 Å². The van der Waals surface area contributed by atoms with Crippen LogP contribution in [0, 0.1) is 0 Å². The van der Waals surface area contributed by atoms with Crippen LogP contribution in [0.5, 0.6) is 5.75 Å². The standard InChI is InChI=1S/C17H24O3S2/c1-4-9-20-15-8-7-13(11-21-16(18)5-2)14(10-15)12-22-17(19)6-3/h7-8,10H,4-6,9,11-12H2,1-3H3. The molecule has 0 amide bonds. The Morgan fingerprint density at radius 1 is 0.955 bits per heavy atom. The van der Waals surface area contributed by atoms with Crippen molar-refractivity contribution in [3.63, 3.8) is 0 Å². The quantitative estimate of drug-likeness (QED) is 0.645. The van der Waals surface area contributed by atoms with Crippen LogP contribution in [0.15, 0.2) is 18.2 Å². The summed E-state index contributed by atoms with van der Waals surface area (Å²) in [6.45, 7) is 6.49. The second-order valence-electron chi connectivity index (χ2n) is 4.81. The van der Waals surface area contributed by atoms with Gasteiger partial charge in [0.15, 0.2) is 10.2 Å². The van der Waals surface area contributed by atoms with E-state index >= 15 is 0 Å². The van der Waals surface area contributed by atoms with Crippen LogP contribution < -0.4 is 4.74 Å². The summed E-state index contributed by atoms with van der Waals surface area (Å²) in [5.41, 5.74) is 2.18. The molecule has 22 heavy (non-hydrogen) atoms. The zero-order valence-electron chi connectivity index (χ0n) is 13.5. The Bertz CT molecular complexity index is 501. The van der Waals surface area contributed by atoms with Gasteiger partial charge in [-0.15, -0.1) is 0 Å². The van der Waals surface area contributed by atoms with Crippen LogP contribution in [0.3, 0.4) is 0 Å². The van der Waals surface area contributed by atoms with E-state index in [2.05, 4.69) is 6.92 Å². The Kier molecular flexibility index (Phi) is 9.32. The van der Waals surface area contributed by atoms with Gasteiger partial charge in [-0.1, -0.05) is 50.4 Å². The predicted octanol–water partition coefficient (Wildman–Crippen LogP) is 4.82. The SMILES string of the molecule is CCCOc1ccc(CSC(=O)CC)c(CSC(=O)CC)c1. The molecule has 0 aliphatic rings. The van der Waals surface area contributed by atoms with E-state index < -0.39 is 0 Å². The van der Waals surface area contributed by atoms with Gasteiger partial charge in [-0.05, 0) is 29.7 Å². The molecular weight excluding hydrogens is 316 g/mol. The average Bonchev–Trinajstić information content (AvgIpc) is 2.56. The third-order valence-electron chi connectivity index (χ3n) is 3.01. The Balaban J connectivity index is 2.82. The minimum absolute atomic E-state index is 0.183. The smallest absolute Gasteiger partial charge is 0.188 e. The third-order valence-corrected chi connectivity index (χ3v) is 5.14. The van der Waals surface area contributed by atoms with Gasteiger partial charge in [0.25, 0.3) is 0 Å². The predicted molar refractivity (Wildman–Crippen MR) is 95.4 cm³/mol. The molecule has 0 radical (unpaired) electrons. The van der Waals surface area contributed by atoms with E-state index in [1.54, 1.807) is 0 Å². The lowest BCUT2D eigenvalue weighted by Crippen LogP contribution is -2.00. The van der Waals surface area contributed by atoms with Gasteiger partial charge in [0.05, 0.1) is 6.61 Å². The van der Waals surface area contributed by atoms with Crippen LogP contribution in [0.1, 0.15) is 51.2 Å². The molecular formula is C17H24O3S2. The molecule has 5 heteroatoms. The fraction of sp³-hybridized carbons (Fsp3) is 0.529. The summed E-state index contributed by atoms with van der Waals surface area (Å²) >= 11 is 2.66. The van der Waals surface area contributed by atoms with Gasteiger partial charge in [-0.25, -0.2) is 0 Å². The number of hydrogen-bond donors (Lipinski definition) is 0. The van der Waals surface area contributed by atoms with Crippen molar-refractivity contribution in [1.82, 2.24) is 0 Å². The molecule has 0 fully saturated rings. The van der Waals surface area contributed by atoms with Crippen molar-refractivity contribution in [2.24, 2.45) is 0 Å². The Labute approximate surface area is 141 Å². The number of carbonyl (C=O) groups is 2. The van der Waals surface area contributed by atoms with Crippen molar-refractivity contribution in [3.8, 4) is 5.75 Å². The van der Waals surface area contributed by atoms with E-state index in [0.717, 1.165) is 23.3 Å². The summed E-state index contributed by atoms with van der Waals surface area (Å²) in [7, 11) is 0. The number of thioether (sulfide) groups is 2. The maximum absolute atomic E-state index is 11.5. The molecule has 122 valence electrons. The van der Waals surface area contributed by atoms with Crippen molar-refractivity contribution in [1.29, 1.82) is 0 Å². The highest BCUT2D eigenvalue weighted by Crippen LogP contribution is 2.27. The molecule has 1 rings (SSSR count). The highest BCUT2D eigenvalue weighted by molar-refractivity contribution is 8.13. The fourth-order valence-corrected chi connectivity index (χ4v) is 3.30. The second kappa shape index (κ2) is 10.7. The molecule has 0 aliphatic carbocycles. The lowest BCUT2D eigenvalue weighted by atomic mass is 10.1. The Morgan fingerprint density at radius 2 is 1.55 bits per heavy atom. The van der Waals surface area contributed by atoms with Crippen molar-refractivity contribution in [3.05, 3.63) is 29.3 Å². The average molecular weight is 341 g/mol. The number of hydrogen-bond acceptors (Lipinski definition) is 5. The monoisotopic (exact) mass is 340 g/mol. The molecule has 0 aromatic heterocycles. The molecule has 1 aromatic carbocycles. The molecule has 0 spiro atoms. The summed E-state index contributed by atoms with van der Waals surface area (Å²) in [6.07, 6.45) is 2.04. The Hall–Kier alpha value is -0.940. The van der Waals surface area contributed by atoms with Crippen LogP contribution >= 0.6 is 23.5 Å². The van der Waals surface area contributed by atoms with E-state index in [1.165, 1.54) is 23.5 Å². The van der Waals surface area contributed by atoms with Gasteiger partial charge in [-0.2, -0.15) is 0 Å². The number of benzene rings is 1. The Morgan fingerprint density at radius 3 is 2.09 bits per heavy atom. The normalized spacial score (nSPS) is 10.5. The van der Waals surface area contributed by atoms with Gasteiger partial charge in [0, 0.05) is 24.3 Å². The molecule has 0 N–H and O–H groups in total. The molecule has 0 saturated carbocycles. The summed E-state index contributed by atoms with van der Waals surface area (Å²) < 4.78 is 5.66. The molecule has 1 aromatic rings. The molecule has 0 heterocycles. The molecule has 0 aliphatic heterocycles. The van der Waals surface area contributed by atoms with Crippen molar-refractivity contribution in [2.45, 2.75) is 51.5 Å². The van der Waals surface area contributed by atoms with Gasteiger partial charge < -0.3 is 4.74 Å². The second-order valence-corrected chi connectivity index (χ2v) is 6.87. The highest BCUT2D eigenvalue weighted by atomic mass is 32.2.